The highest BCUT2D eigenvalue weighted by atomic mass is 16.6. The van der Waals surface area contributed by atoms with Crippen LogP contribution in [0.15, 0.2) is 85.1 Å². The van der Waals surface area contributed by atoms with Gasteiger partial charge in [0, 0.05) is 19.4 Å². The van der Waals surface area contributed by atoms with Crippen molar-refractivity contribution in [3.8, 4) is 0 Å². The second-order valence-electron chi connectivity index (χ2n) is 17.7. The number of unbranched alkanes of at least 4 members (excludes halogenated alkanes) is 24. The Kier molecular flexibility index (Phi) is 51.9. The minimum Gasteiger partial charge on any atom is -0.462 e. The van der Waals surface area contributed by atoms with Gasteiger partial charge in [-0.15, -0.1) is 0 Å². The molecule has 64 heavy (non-hydrogen) atoms. The third-order valence-electron chi connectivity index (χ3n) is 11.4. The van der Waals surface area contributed by atoms with E-state index in [-0.39, 0.29) is 25.2 Å². The van der Waals surface area contributed by atoms with E-state index in [2.05, 4.69) is 106 Å². The Morgan fingerprint density at radius 3 is 1.17 bits per heavy atom. The second-order valence-corrected chi connectivity index (χ2v) is 17.7. The first kappa shape index (κ1) is 61.1. The lowest BCUT2D eigenvalue weighted by Gasteiger charge is -2.18. The molecule has 1 atom stereocenters. The highest BCUT2D eigenvalue weighted by molar-refractivity contribution is 5.70. The zero-order chi connectivity index (χ0) is 46.3. The molecular formula is C59H102O5. The van der Waals surface area contributed by atoms with Crippen molar-refractivity contribution in [1.29, 1.82) is 0 Å². The highest BCUT2D eigenvalue weighted by Gasteiger charge is 2.17. The molecule has 0 fully saturated rings. The van der Waals surface area contributed by atoms with Crippen molar-refractivity contribution in [1.82, 2.24) is 0 Å². The molecule has 0 aromatic heterocycles. The van der Waals surface area contributed by atoms with E-state index >= 15 is 0 Å². The van der Waals surface area contributed by atoms with Crippen molar-refractivity contribution in [2.45, 2.75) is 258 Å². The maximum Gasteiger partial charge on any atom is 0.306 e. The topological polar surface area (TPSA) is 61.8 Å². The van der Waals surface area contributed by atoms with Crippen molar-refractivity contribution in [2.75, 3.05) is 19.8 Å². The molecule has 0 aliphatic heterocycles. The smallest absolute Gasteiger partial charge is 0.306 e. The first-order valence-electron chi connectivity index (χ1n) is 27.1. The van der Waals surface area contributed by atoms with Crippen molar-refractivity contribution < 1.29 is 23.8 Å². The van der Waals surface area contributed by atoms with Crippen LogP contribution in [0.3, 0.4) is 0 Å². The van der Waals surface area contributed by atoms with Gasteiger partial charge in [-0.1, -0.05) is 209 Å². The molecule has 0 saturated heterocycles. The van der Waals surface area contributed by atoms with Crippen LogP contribution < -0.4 is 0 Å². The van der Waals surface area contributed by atoms with E-state index in [0.717, 1.165) is 103 Å². The van der Waals surface area contributed by atoms with Gasteiger partial charge in [0.25, 0.3) is 0 Å². The van der Waals surface area contributed by atoms with E-state index in [1.165, 1.54) is 116 Å². The summed E-state index contributed by atoms with van der Waals surface area (Å²) in [6, 6.07) is 0. The largest absolute Gasteiger partial charge is 0.462 e. The van der Waals surface area contributed by atoms with Crippen molar-refractivity contribution in [2.24, 2.45) is 0 Å². The number of hydrogen-bond donors (Lipinski definition) is 0. The fourth-order valence-corrected chi connectivity index (χ4v) is 7.35. The van der Waals surface area contributed by atoms with E-state index in [4.69, 9.17) is 14.2 Å². The van der Waals surface area contributed by atoms with Gasteiger partial charge in [0.1, 0.15) is 6.61 Å². The summed E-state index contributed by atoms with van der Waals surface area (Å²) >= 11 is 0. The van der Waals surface area contributed by atoms with Crippen LogP contribution in [0.4, 0.5) is 0 Å². The lowest BCUT2D eigenvalue weighted by atomic mass is 10.1. The summed E-state index contributed by atoms with van der Waals surface area (Å²) in [5.41, 5.74) is 0. The van der Waals surface area contributed by atoms with Crippen LogP contribution in [-0.2, 0) is 23.8 Å². The summed E-state index contributed by atoms with van der Waals surface area (Å²) in [6.45, 7) is 7.64. The van der Waals surface area contributed by atoms with Gasteiger partial charge in [0.05, 0.1) is 6.61 Å². The van der Waals surface area contributed by atoms with Crippen LogP contribution in [0.2, 0.25) is 0 Å². The van der Waals surface area contributed by atoms with E-state index in [1.807, 2.05) is 0 Å². The summed E-state index contributed by atoms with van der Waals surface area (Å²) in [6.07, 6.45) is 71.6. The average molecular weight is 891 g/mol. The molecule has 368 valence electrons. The van der Waals surface area contributed by atoms with E-state index in [1.54, 1.807) is 0 Å². The lowest BCUT2D eigenvalue weighted by molar-refractivity contribution is -0.163. The van der Waals surface area contributed by atoms with Crippen molar-refractivity contribution in [3.05, 3.63) is 85.1 Å². The predicted molar refractivity (Wildman–Crippen MR) is 279 cm³/mol. The number of allylic oxidation sites excluding steroid dienone is 14. The van der Waals surface area contributed by atoms with Crippen LogP contribution in [0, 0.1) is 0 Å². The molecule has 0 N–H and O–H groups in total. The minimum absolute atomic E-state index is 0.0640. The Labute approximate surface area is 397 Å². The van der Waals surface area contributed by atoms with Crippen LogP contribution in [-0.4, -0.2) is 37.9 Å². The number of esters is 2. The molecule has 0 aliphatic rings. The van der Waals surface area contributed by atoms with Gasteiger partial charge < -0.3 is 14.2 Å². The van der Waals surface area contributed by atoms with Gasteiger partial charge in [0.2, 0.25) is 0 Å². The molecule has 0 aliphatic carbocycles. The highest BCUT2D eigenvalue weighted by Crippen LogP contribution is 2.13. The van der Waals surface area contributed by atoms with Crippen molar-refractivity contribution >= 4 is 11.9 Å². The molecule has 0 bridgehead atoms. The van der Waals surface area contributed by atoms with E-state index < -0.39 is 6.10 Å². The van der Waals surface area contributed by atoms with Crippen molar-refractivity contribution in [3.63, 3.8) is 0 Å². The Hall–Kier alpha value is -2.92. The monoisotopic (exact) mass is 891 g/mol. The molecule has 0 aromatic rings. The molecule has 5 nitrogen and oxygen atoms in total. The number of hydrogen-bond acceptors (Lipinski definition) is 5. The fourth-order valence-electron chi connectivity index (χ4n) is 7.35. The minimum atomic E-state index is -0.557. The molecule has 0 spiro atoms. The number of carbonyl (C=O) groups excluding carboxylic acids is 2. The molecule has 5 heteroatoms. The van der Waals surface area contributed by atoms with Gasteiger partial charge in [-0.3, -0.25) is 9.59 Å². The molecule has 0 rings (SSSR count). The first-order valence-corrected chi connectivity index (χ1v) is 27.1. The maximum absolute atomic E-state index is 12.8. The van der Waals surface area contributed by atoms with Gasteiger partial charge >= 0.3 is 11.9 Å². The number of carbonyl (C=O) groups is 2. The van der Waals surface area contributed by atoms with Crippen LogP contribution in [0.25, 0.3) is 0 Å². The molecule has 0 radical (unpaired) electrons. The second kappa shape index (κ2) is 54.4. The zero-order valence-electron chi connectivity index (χ0n) is 42.3. The average Bonchev–Trinajstić information content (AvgIpc) is 3.30. The van der Waals surface area contributed by atoms with Crippen LogP contribution in [0.1, 0.15) is 252 Å². The van der Waals surface area contributed by atoms with Gasteiger partial charge in [-0.2, -0.15) is 0 Å². The quantitative estimate of drug-likeness (QED) is 0.0346. The predicted octanol–water partition coefficient (Wildman–Crippen LogP) is 18.5. The van der Waals surface area contributed by atoms with Crippen LogP contribution in [0.5, 0.6) is 0 Å². The Balaban J connectivity index is 4.32. The summed E-state index contributed by atoms with van der Waals surface area (Å²) in [7, 11) is 0. The van der Waals surface area contributed by atoms with Gasteiger partial charge in [-0.25, -0.2) is 0 Å². The zero-order valence-corrected chi connectivity index (χ0v) is 42.3. The van der Waals surface area contributed by atoms with E-state index in [0.29, 0.717) is 19.4 Å². The lowest BCUT2D eigenvalue weighted by Crippen LogP contribution is -2.30. The SMILES string of the molecule is CC/C=C\C/C=C\C/C=C\C/C=C\CCCCCCC(=O)OCC(COCCCCCCCCCC/C=C\C/C=C\CCCCC)OC(=O)CCCCCCC/C=C\CCCCCC. The third-order valence-corrected chi connectivity index (χ3v) is 11.4. The summed E-state index contributed by atoms with van der Waals surface area (Å²) in [4.78, 5) is 25.4. The summed E-state index contributed by atoms with van der Waals surface area (Å²) < 4.78 is 17.4. The molecular weight excluding hydrogens is 789 g/mol. The van der Waals surface area contributed by atoms with Gasteiger partial charge in [-0.05, 0) is 116 Å². The molecule has 0 heterocycles. The Morgan fingerprint density at radius 2 is 0.703 bits per heavy atom. The molecule has 0 saturated carbocycles. The first-order chi connectivity index (χ1) is 31.6. The summed E-state index contributed by atoms with van der Waals surface area (Å²) in [5, 5.41) is 0. The van der Waals surface area contributed by atoms with Crippen LogP contribution >= 0.6 is 0 Å². The van der Waals surface area contributed by atoms with Gasteiger partial charge in [0.15, 0.2) is 6.10 Å². The number of ether oxygens (including phenoxy) is 3. The molecule has 1 unspecified atom stereocenters. The maximum atomic E-state index is 12.8. The number of rotatable bonds is 49. The Bertz CT molecular complexity index is 1190. The normalized spacial score (nSPS) is 12.9. The Morgan fingerprint density at radius 1 is 0.359 bits per heavy atom. The molecule has 0 amide bonds. The fraction of sp³-hybridized carbons (Fsp3) is 0.729. The standard InChI is InChI=1S/C59H102O5/c1-4-7-10-13-16-19-22-25-27-29-31-33-36-39-42-45-48-51-54-62-55-57(64-59(61)53-50-47-44-41-38-34-24-21-18-15-12-9-6-3)56-63-58(60)52-49-46-43-40-37-35-32-30-28-26-23-20-17-14-11-8-5-2/h8,11,16-17,19-21,24-28,32,35,57H,4-7,9-10,12-15,18,22-23,29-31,33-34,36-56H2,1-3H3/b11-8-,19-16-,20-17-,24-21-,27-25-,28-26-,35-32-. The summed E-state index contributed by atoms with van der Waals surface area (Å²) in [5.74, 6) is -0.436. The van der Waals surface area contributed by atoms with E-state index in [9.17, 15) is 9.59 Å². The third kappa shape index (κ3) is 51.7. The molecule has 0 aromatic carbocycles.